The molecule has 0 aromatic heterocycles. The first kappa shape index (κ1) is 14.3. The maximum atomic E-state index is 10.9. The molecular formula is C13H20N2O3. The van der Waals surface area contributed by atoms with Crippen LogP contribution in [0.3, 0.4) is 0 Å². The molecule has 5 heteroatoms. The van der Waals surface area contributed by atoms with Gasteiger partial charge in [-0.3, -0.25) is 10.1 Å². The van der Waals surface area contributed by atoms with E-state index in [4.69, 9.17) is 4.74 Å². The van der Waals surface area contributed by atoms with Crippen molar-refractivity contribution in [3.8, 4) is 5.75 Å². The van der Waals surface area contributed by atoms with Crippen LogP contribution in [-0.2, 0) is 0 Å². The molecule has 0 aliphatic rings. The number of rotatable bonds is 6. The molecular weight excluding hydrogens is 232 g/mol. The summed E-state index contributed by atoms with van der Waals surface area (Å²) in [6.45, 7) is 6.45. The number of hydrogen-bond acceptors (Lipinski definition) is 4. The van der Waals surface area contributed by atoms with Crippen molar-refractivity contribution >= 4 is 11.4 Å². The fourth-order valence-electron chi connectivity index (χ4n) is 1.67. The zero-order valence-electron chi connectivity index (χ0n) is 11.3. The Morgan fingerprint density at radius 2 is 2.11 bits per heavy atom. The third-order valence-corrected chi connectivity index (χ3v) is 3.10. The highest BCUT2D eigenvalue weighted by molar-refractivity contribution is 5.59. The molecule has 0 fully saturated rings. The van der Waals surface area contributed by atoms with E-state index in [1.807, 2.05) is 14.0 Å². The molecule has 5 nitrogen and oxygen atoms in total. The molecule has 0 bridgehead atoms. The lowest BCUT2D eigenvalue weighted by Gasteiger charge is -2.26. The summed E-state index contributed by atoms with van der Waals surface area (Å²) in [5, 5.41) is 10.9. The molecule has 1 unspecified atom stereocenters. The van der Waals surface area contributed by atoms with Crippen LogP contribution in [0.1, 0.15) is 27.2 Å². The Balaban J connectivity index is 3.10. The van der Waals surface area contributed by atoms with Crippen molar-refractivity contribution in [2.75, 3.05) is 18.6 Å². The van der Waals surface area contributed by atoms with Crippen molar-refractivity contribution < 1.29 is 9.66 Å². The topological polar surface area (TPSA) is 55.6 Å². The van der Waals surface area contributed by atoms with Gasteiger partial charge in [0.1, 0.15) is 0 Å². The van der Waals surface area contributed by atoms with Crippen LogP contribution in [0.2, 0.25) is 0 Å². The van der Waals surface area contributed by atoms with Crippen LogP contribution in [0.5, 0.6) is 5.75 Å². The summed E-state index contributed by atoms with van der Waals surface area (Å²) in [5.74, 6) is 0.329. The van der Waals surface area contributed by atoms with Crippen molar-refractivity contribution in [1.82, 2.24) is 0 Å². The Morgan fingerprint density at radius 3 is 2.61 bits per heavy atom. The Bertz CT molecular complexity index is 421. The summed E-state index contributed by atoms with van der Waals surface area (Å²) >= 11 is 0. The highest BCUT2D eigenvalue weighted by atomic mass is 16.6. The summed E-state index contributed by atoms with van der Waals surface area (Å²) in [7, 11) is 1.98. The Kier molecular flexibility index (Phi) is 4.95. The second-order valence-electron chi connectivity index (χ2n) is 4.21. The highest BCUT2D eigenvalue weighted by Gasteiger charge is 2.17. The molecule has 1 aromatic rings. The van der Waals surface area contributed by atoms with Gasteiger partial charge in [-0.15, -0.1) is 0 Å². The summed E-state index contributed by atoms with van der Waals surface area (Å²) in [6.07, 6.45) is 1.01. The molecule has 1 atom stereocenters. The van der Waals surface area contributed by atoms with Crippen LogP contribution in [-0.4, -0.2) is 24.6 Å². The van der Waals surface area contributed by atoms with E-state index in [1.54, 1.807) is 12.1 Å². The van der Waals surface area contributed by atoms with Gasteiger partial charge in [0.2, 0.25) is 0 Å². The third-order valence-electron chi connectivity index (χ3n) is 3.10. The Morgan fingerprint density at radius 1 is 1.44 bits per heavy atom. The fourth-order valence-corrected chi connectivity index (χ4v) is 1.67. The molecule has 1 rings (SSSR count). The van der Waals surface area contributed by atoms with Gasteiger partial charge in [0.25, 0.3) is 0 Å². The number of nitro benzene ring substituents is 1. The van der Waals surface area contributed by atoms with Crippen LogP contribution >= 0.6 is 0 Å². The van der Waals surface area contributed by atoms with Gasteiger partial charge in [0, 0.05) is 30.9 Å². The summed E-state index contributed by atoms with van der Waals surface area (Å²) in [6, 6.07) is 5.36. The second-order valence-corrected chi connectivity index (χ2v) is 4.21. The Labute approximate surface area is 108 Å². The SMILES string of the molecule is CCOc1cc(N(C)C(C)CC)ccc1[N+](=O)[O-]. The summed E-state index contributed by atoms with van der Waals surface area (Å²) < 4.78 is 5.33. The average Bonchev–Trinajstić information content (AvgIpc) is 2.37. The van der Waals surface area contributed by atoms with Crippen molar-refractivity contribution in [1.29, 1.82) is 0 Å². The fraction of sp³-hybridized carbons (Fsp3) is 0.538. The van der Waals surface area contributed by atoms with E-state index < -0.39 is 4.92 Å². The van der Waals surface area contributed by atoms with Crippen molar-refractivity contribution in [2.24, 2.45) is 0 Å². The number of hydrogen-bond donors (Lipinski definition) is 0. The second kappa shape index (κ2) is 6.23. The van der Waals surface area contributed by atoms with Gasteiger partial charge < -0.3 is 9.64 Å². The normalized spacial score (nSPS) is 12.0. The maximum Gasteiger partial charge on any atom is 0.311 e. The largest absolute Gasteiger partial charge is 0.487 e. The highest BCUT2D eigenvalue weighted by Crippen LogP contribution is 2.32. The number of nitro groups is 1. The minimum absolute atomic E-state index is 0.0122. The van der Waals surface area contributed by atoms with Crippen LogP contribution in [0.25, 0.3) is 0 Å². The number of anilines is 1. The number of benzene rings is 1. The molecule has 0 aliphatic heterocycles. The van der Waals surface area contributed by atoms with Crippen molar-refractivity contribution in [3.05, 3.63) is 28.3 Å². The summed E-state index contributed by atoms with van der Waals surface area (Å²) in [4.78, 5) is 12.6. The zero-order valence-corrected chi connectivity index (χ0v) is 11.3. The van der Waals surface area contributed by atoms with Gasteiger partial charge in [-0.25, -0.2) is 0 Å². The van der Waals surface area contributed by atoms with Crippen LogP contribution in [0, 0.1) is 10.1 Å². The predicted octanol–water partition coefficient (Wildman–Crippen LogP) is 3.23. The number of nitrogens with zero attached hydrogens (tertiary/aromatic N) is 2. The van der Waals surface area contributed by atoms with Crippen LogP contribution < -0.4 is 9.64 Å². The molecule has 1 aromatic carbocycles. The maximum absolute atomic E-state index is 10.9. The first-order chi connectivity index (χ1) is 8.51. The Hall–Kier alpha value is -1.78. The molecule has 0 aliphatic carbocycles. The molecule has 0 saturated carbocycles. The van der Waals surface area contributed by atoms with E-state index in [9.17, 15) is 10.1 Å². The van der Waals surface area contributed by atoms with Crippen molar-refractivity contribution in [2.45, 2.75) is 33.2 Å². The smallest absolute Gasteiger partial charge is 0.311 e. The van der Waals surface area contributed by atoms with E-state index >= 15 is 0 Å². The van der Waals surface area contributed by atoms with Gasteiger partial charge in [0.15, 0.2) is 5.75 Å². The molecule has 0 heterocycles. The minimum Gasteiger partial charge on any atom is -0.487 e. The van der Waals surface area contributed by atoms with E-state index in [-0.39, 0.29) is 5.69 Å². The minimum atomic E-state index is -0.419. The summed E-state index contributed by atoms with van der Waals surface area (Å²) in [5.41, 5.74) is 0.941. The lowest BCUT2D eigenvalue weighted by molar-refractivity contribution is -0.385. The van der Waals surface area contributed by atoms with Gasteiger partial charge in [0.05, 0.1) is 11.5 Å². The molecule has 0 radical (unpaired) electrons. The van der Waals surface area contributed by atoms with E-state index in [0.717, 1.165) is 12.1 Å². The molecule has 0 saturated heterocycles. The van der Waals surface area contributed by atoms with Gasteiger partial charge in [-0.1, -0.05) is 6.92 Å². The third kappa shape index (κ3) is 3.12. The zero-order chi connectivity index (χ0) is 13.7. The lowest BCUT2D eigenvalue weighted by atomic mass is 10.2. The quantitative estimate of drug-likeness (QED) is 0.576. The monoisotopic (exact) mass is 252 g/mol. The average molecular weight is 252 g/mol. The van der Waals surface area contributed by atoms with Crippen molar-refractivity contribution in [3.63, 3.8) is 0 Å². The molecule has 18 heavy (non-hydrogen) atoms. The first-order valence-electron chi connectivity index (χ1n) is 6.15. The molecule has 0 N–H and O–H groups in total. The number of ether oxygens (including phenoxy) is 1. The predicted molar refractivity (Wildman–Crippen MR) is 72.4 cm³/mol. The molecule has 0 spiro atoms. The van der Waals surface area contributed by atoms with Gasteiger partial charge in [-0.05, 0) is 26.3 Å². The van der Waals surface area contributed by atoms with Gasteiger partial charge >= 0.3 is 5.69 Å². The molecule has 100 valence electrons. The first-order valence-corrected chi connectivity index (χ1v) is 6.15. The van der Waals surface area contributed by atoms with Gasteiger partial charge in [-0.2, -0.15) is 0 Å². The van der Waals surface area contributed by atoms with Crippen LogP contribution in [0.15, 0.2) is 18.2 Å². The molecule has 0 amide bonds. The van der Waals surface area contributed by atoms with E-state index in [0.29, 0.717) is 18.4 Å². The van der Waals surface area contributed by atoms with Crippen LogP contribution in [0.4, 0.5) is 11.4 Å². The lowest BCUT2D eigenvalue weighted by Crippen LogP contribution is -2.27. The van der Waals surface area contributed by atoms with E-state index in [1.165, 1.54) is 6.07 Å². The standard InChI is InChI=1S/C13H20N2O3/c1-5-10(3)14(4)11-7-8-12(15(16)17)13(9-11)18-6-2/h7-10H,5-6H2,1-4H3. The van der Waals surface area contributed by atoms with E-state index in [2.05, 4.69) is 18.7 Å².